The van der Waals surface area contributed by atoms with Crippen molar-refractivity contribution >= 4 is 36.1 Å². The average molecular weight is 700 g/mol. The Morgan fingerprint density at radius 2 is 0.938 bits per heavy atom. The lowest BCUT2D eigenvalue weighted by Crippen LogP contribution is -2.35. The molecule has 0 fully saturated rings. The second-order valence-electron chi connectivity index (χ2n) is 13.5. The van der Waals surface area contributed by atoms with Gasteiger partial charge >= 0.3 is 24.4 Å². The van der Waals surface area contributed by atoms with Gasteiger partial charge < -0.3 is 19.9 Å². The van der Waals surface area contributed by atoms with Crippen LogP contribution in [0.4, 0.5) is 0 Å². The predicted molar refractivity (Wildman–Crippen MR) is 199 cm³/mol. The third-order valence-corrected chi connectivity index (χ3v) is 9.97. The second kappa shape index (κ2) is 36.7. The first-order valence-electron chi connectivity index (χ1n) is 19.8. The number of rotatable bonds is 37. The Bertz CT molecular complexity index is 767. The highest BCUT2D eigenvalue weighted by molar-refractivity contribution is 7.99. The molecule has 8 nitrogen and oxygen atoms in total. The minimum atomic E-state index is -0.972. The smallest absolute Gasteiger partial charge is 0.331 e. The summed E-state index contributed by atoms with van der Waals surface area (Å²) >= 11 is 1.29. The number of thioether (sulfide) groups is 1. The van der Waals surface area contributed by atoms with Gasteiger partial charge in [-0.05, 0) is 12.8 Å². The van der Waals surface area contributed by atoms with E-state index < -0.39 is 18.1 Å². The maximum atomic E-state index is 12.6. The van der Waals surface area contributed by atoms with Crippen molar-refractivity contribution in [1.82, 2.24) is 0 Å². The molecule has 0 unspecified atom stereocenters. The van der Waals surface area contributed by atoms with Crippen LogP contribution in [-0.4, -0.2) is 54.6 Å². The van der Waals surface area contributed by atoms with Crippen molar-refractivity contribution in [3.05, 3.63) is 0 Å². The summed E-state index contributed by atoms with van der Waals surface area (Å²) in [7, 11) is 0. The zero-order valence-electron chi connectivity index (χ0n) is 31.0. The lowest BCUT2D eigenvalue weighted by molar-refractivity contribution is -0.157. The molecular weight excluding hydrogens is 626 g/mol. The van der Waals surface area contributed by atoms with Gasteiger partial charge in [0.05, 0.1) is 0 Å². The lowest BCUT2D eigenvalue weighted by Gasteiger charge is -2.18. The molecule has 0 rings (SSSR count). The van der Waals surface area contributed by atoms with Gasteiger partial charge in [0, 0.05) is 24.3 Å². The van der Waals surface area contributed by atoms with E-state index in [4.69, 9.17) is 15.2 Å². The highest BCUT2D eigenvalue weighted by Gasteiger charge is 2.20. The number of hydrogen-bond donors (Lipinski definition) is 1. The van der Waals surface area contributed by atoms with E-state index in [2.05, 4.69) is 18.6 Å². The molecule has 0 aromatic rings. The van der Waals surface area contributed by atoms with Crippen LogP contribution in [0.1, 0.15) is 194 Å². The fraction of sp³-hybridized carbons (Fsp3) is 0.897. The Balaban J connectivity index is 4.20. The van der Waals surface area contributed by atoms with Gasteiger partial charge in [0.2, 0.25) is 0 Å². The van der Waals surface area contributed by atoms with Gasteiger partial charge in [-0.2, -0.15) is 11.8 Å². The van der Waals surface area contributed by atoms with Crippen LogP contribution in [0, 0.1) is 0 Å². The third-order valence-electron chi connectivity index (χ3n) is 8.77. The predicted octanol–water partition coefficient (Wildman–Crippen LogP) is 10.2. The van der Waals surface area contributed by atoms with Crippen LogP contribution >= 0.6 is 11.8 Å². The summed E-state index contributed by atoms with van der Waals surface area (Å²) in [5.41, 5.74) is 5.77. The summed E-state index contributed by atoms with van der Waals surface area (Å²) in [6.07, 6.45) is 32.3. The summed E-state index contributed by atoms with van der Waals surface area (Å²) in [4.78, 5) is 47.0. The molecule has 0 aromatic carbocycles. The first-order chi connectivity index (χ1) is 23.4. The number of esters is 3. The largest absolute Gasteiger partial charge is 0.462 e. The van der Waals surface area contributed by atoms with Gasteiger partial charge in [0.25, 0.3) is 0 Å². The molecule has 0 heterocycles. The molecule has 0 amide bonds. The van der Waals surface area contributed by atoms with Gasteiger partial charge in [0.1, 0.15) is 18.8 Å². The minimum absolute atomic E-state index is 0.0252. The molecule has 0 radical (unpaired) electrons. The number of ether oxygens (including phenoxy) is 3. The minimum Gasteiger partial charge on any atom is -0.462 e. The van der Waals surface area contributed by atoms with Crippen molar-refractivity contribution in [2.75, 3.05) is 18.1 Å². The Morgan fingerprint density at radius 1 is 0.562 bits per heavy atom. The van der Waals surface area contributed by atoms with Gasteiger partial charge in [-0.15, -0.1) is 0 Å². The Kier molecular flexibility index (Phi) is 35.4. The molecule has 2 atom stereocenters. The SMILES string of the molecule is CCCCCCCCCCCCCCCC(=O)OC[C@@H](CSC[C@H](N)C(=O)OC=O)OC(=O)CCCCCCCCCCCCCCC. The average Bonchev–Trinajstić information content (AvgIpc) is 3.07. The maximum absolute atomic E-state index is 12.6. The van der Waals surface area contributed by atoms with Crippen molar-refractivity contribution in [3.63, 3.8) is 0 Å². The molecule has 48 heavy (non-hydrogen) atoms. The topological polar surface area (TPSA) is 122 Å². The van der Waals surface area contributed by atoms with Gasteiger partial charge in [0.15, 0.2) is 0 Å². The Morgan fingerprint density at radius 3 is 1.33 bits per heavy atom. The van der Waals surface area contributed by atoms with Crippen molar-refractivity contribution < 1.29 is 33.4 Å². The number of nitrogens with two attached hydrogens (primary N) is 1. The van der Waals surface area contributed by atoms with Crippen molar-refractivity contribution in [3.8, 4) is 0 Å². The lowest BCUT2D eigenvalue weighted by atomic mass is 10.0. The van der Waals surface area contributed by atoms with Gasteiger partial charge in [-0.3, -0.25) is 14.4 Å². The Hall–Kier alpha value is -1.61. The normalized spacial score (nSPS) is 12.4. The van der Waals surface area contributed by atoms with Crippen molar-refractivity contribution in [2.45, 2.75) is 206 Å². The summed E-state index contributed by atoms with van der Waals surface area (Å²) in [5, 5.41) is 0. The number of carbonyl (C=O) groups excluding carboxylic acids is 4. The van der Waals surface area contributed by atoms with E-state index in [1.54, 1.807) is 0 Å². The number of hydrogen-bond acceptors (Lipinski definition) is 9. The summed E-state index contributed by atoms with van der Waals surface area (Å²) in [6.45, 7) is 4.54. The Labute approximate surface area is 298 Å². The van der Waals surface area contributed by atoms with Crippen LogP contribution in [0.3, 0.4) is 0 Å². The molecule has 0 aliphatic carbocycles. The molecule has 0 spiro atoms. The van der Waals surface area contributed by atoms with E-state index in [0.717, 1.165) is 38.5 Å². The zero-order chi connectivity index (χ0) is 35.3. The van der Waals surface area contributed by atoms with E-state index in [0.29, 0.717) is 18.6 Å². The van der Waals surface area contributed by atoms with Gasteiger partial charge in [-0.25, -0.2) is 4.79 Å². The molecule has 0 aliphatic heterocycles. The molecule has 282 valence electrons. The molecule has 0 aromatic heterocycles. The number of carbonyl (C=O) groups is 4. The second-order valence-corrected chi connectivity index (χ2v) is 14.5. The maximum Gasteiger partial charge on any atom is 0.331 e. The van der Waals surface area contributed by atoms with Crippen LogP contribution in [-0.2, 0) is 33.4 Å². The number of unbranched alkanes of at least 4 members (excludes halogenated alkanes) is 24. The molecule has 0 aliphatic rings. The quantitative estimate of drug-likeness (QED) is 0.0222. The summed E-state index contributed by atoms with van der Waals surface area (Å²) < 4.78 is 15.5. The van der Waals surface area contributed by atoms with E-state index in [1.165, 1.54) is 140 Å². The van der Waals surface area contributed by atoms with Crippen molar-refractivity contribution in [1.29, 1.82) is 0 Å². The molecule has 0 saturated carbocycles. The summed E-state index contributed by atoms with van der Waals surface area (Å²) in [6, 6.07) is -0.972. The fourth-order valence-corrected chi connectivity index (χ4v) is 6.68. The molecule has 0 saturated heterocycles. The van der Waals surface area contributed by atoms with E-state index in [-0.39, 0.29) is 30.8 Å². The molecule has 2 N–H and O–H groups in total. The molecule has 0 bridgehead atoms. The zero-order valence-corrected chi connectivity index (χ0v) is 31.8. The van der Waals surface area contributed by atoms with Crippen molar-refractivity contribution in [2.24, 2.45) is 5.73 Å². The standard InChI is InChI=1S/C39H73NO7S/c1-3-5-7-9-11-13-15-17-19-21-23-25-27-29-37(42)45-31-35(32-48-33-36(40)39(44)46-34-41)47-38(43)30-28-26-24-22-20-18-16-14-12-10-8-6-4-2/h34-36H,3-33,40H2,1-2H3/t35-,36-/m0/s1. The molecule has 9 heteroatoms. The van der Waals surface area contributed by atoms with Crippen LogP contribution in [0.2, 0.25) is 0 Å². The van der Waals surface area contributed by atoms with Crippen LogP contribution < -0.4 is 5.73 Å². The summed E-state index contributed by atoms with van der Waals surface area (Å²) in [5.74, 6) is -0.893. The van der Waals surface area contributed by atoms with E-state index in [1.807, 2.05) is 0 Å². The van der Waals surface area contributed by atoms with E-state index in [9.17, 15) is 19.2 Å². The third kappa shape index (κ3) is 32.9. The first kappa shape index (κ1) is 46.4. The fourth-order valence-electron chi connectivity index (χ4n) is 5.72. The van der Waals surface area contributed by atoms with Gasteiger partial charge in [-0.1, -0.05) is 168 Å². The van der Waals surface area contributed by atoms with Crippen LogP contribution in [0.25, 0.3) is 0 Å². The monoisotopic (exact) mass is 700 g/mol. The first-order valence-corrected chi connectivity index (χ1v) is 20.9. The van der Waals surface area contributed by atoms with Crippen LogP contribution in [0.15, 0.2) is 0 Å². The van der Waals surface area contributed by atoms with E-state index >= 15 is 0 Å². The highest BCUT2D eigenvalue weighted by Crippen LogP contribution is 2.16. The molecular formula is C39H73NO7S. The highest BCUT2D eigenvalue weighted by atomic mass is 32.2. The van der Waals surface area contributed by atoms with Crippen LogP contribution in [0.5, 0.6) is 0 Å².